The minimum absolute atomic E-state index is 0.289. The lowest BCUT2D eigenvalue weighted by molar-refractivity contribution is 0.258. The number of rotatable bonds is 2. The molecule has 2 aliphatic carbocycles. The molecule has 2 unspecified atom stereocenters. The third-order valence-electron chi connectivity index (χ3n) is 4.37. The predicted octanol–water partition coefficient (Wildman–Crippen LogP) is 2.28. The number of fused-ring (bicyclic) bond motifs is 2. The van der Waals surface area contributed by atoms with E-state index in [4.69, 9.17) is 4.74 Å². The number of hydrogen-bond donors (Lipinski definition) is 1. The SMILES string of the molecule is COc1ccc2c(c1)C1(CCC2)CC1CO. The van der Waals surface area contributed by atoms with Crippen molar-refractivity contribution in [1.82, 2.24) is 0 Å². The minimum atomic E-state index is 0.289. The Morgan fingerprint density at radius 2 is 2.38 bits per heavy atom. The molecule has 0 saturated heterocycles. The highest BCUT2D eigenvalue weighted by Gasteiger charge is 2.56. The molecule has 3 rings (SSSR count). The lowest BCUT2D eigenvalue weighted by Crippen LogP contribution is -2.19. The lowest BCUT2D eigenvalue weighted by Gasteiger charge is -2.27. The Balaban J connectivity index is 2.04. The summed E-state index contributed by atoms with van der Waals surface area (Å²) in [5.74, 6) is 1.43. The van der Waals surface area contributed by atoms with Crippen LogP contribution in [0.15, 0.2) is 18.2 Å². The molecule has 0 heterocycles. The van der Waals surface area contributed by atoms with Gasteiger partial charge in [0.15, 0.2) is 0 Å². The summed E-state index contributed by atoms with van der Waals surface area (Å²) >= 11 is 0. The van der Waals surface area contributed by atoms with Gasteiger partial charge in [-0.25, -0.2) is 0 Å². The Hall–Kier alpha value is -1.02. The van der Waals surface area contributed by atoms with Crippen LogP contribution >= 0.6 is 0 Å². The van der Waals surface area contributed by atoms with Gasteiger partial charge in [-0.1, -0.05) is 6.07 Å². The van der Waals surface area contributed by atoms with Crippen molar-refractivity contribution in [2.75, 3.05) is 13.7 Å². The first-order chi connectivity index (χ1) is 7.80. The molecule has 16 heavy (non-hydrogen) atoms. The van der Waals surface area contributed by atoms with E-state index in [1.807, 2.05) is 6.07 Å². The van der Waals surface area contributed by atoms with Crippen LogP contribution in [0.2, 0.25) is 0 Å². The third-order valence-corrected chi connectivity index (χ3v) is 4.37. The average molecular weight is 218 g/mol. The van der Waals surface area contributed by atoms with Crippen molar-refractivity contribution in [1.29, 1.82) is 0 Å². The van der Waals surface area contributed by atoms with E-state index in [-0.39, 0.29) is 5.41 Å². The zero-order chi connectivity index (χ0) is 11.2. The van der Waals surface area contributed by atoms with Crippen molar-refractivity contribution in [2.24, 2.45) is 5.92 Å². The Bertz CT molecular complexity index is 413. The molecule has 1 aromatic rings. The van der Waals surface area contributed by atoms with Gasteiger partial charge in [-0.3, -0.25) is 0 Å². The number of methoxy groups -OCH3 is 1. The first-order valence-corrected chi connectivity index (χ1v) is 6.08. The van der Waals surface area contributed by atoms with Crippen LogP contribution in [0, 0.1) is 5.92 Å². The maximum absolute atomic E-state index is 9.34. The average Bonchev–Trinajstić information content (AvgIpc) is 3.04. The van der Waals surface area contributed by atoms with E-state index < -0.39 is 0 Å². The van der Waals surface area contributed by atoms with Crippen LogP contribution in [0.5, 0.6) is 5.75 Å². The number of ether oxygens (including phenoxy) is 1. The zero-order valence-electron chi connectivity index (χ0n) is 9.70. The molecule has 1 N–H and O–H groups in total. The second-order valence-corrected chi connectivity index (χ2v) is 5.12. The van der Waals surface area contributed by atoms with Gasteiger partial charge in [0.05, 0.1) is 7.11 Å². The summed E-state index contributed by atoms with van der Waals surface area (Å²) in [5.41, 5.74) is 3.19. The molecule has 0 radical (unpaired) electrons. The standard InChI is InChI=1S/C14H18O2/c1-16-12-5-4-10-3-2-6-14(13(10)7-12)8-11(14)9-15/h4-5,7,11,15H,2-3,6,8-9H2,1H3. The van der Waals surface area contributed by atoms with Gasteiger partial charge in [0, 0.05) is 12.0 Å². The highest BCUT2D eigenvalue weighted by Crippen LogP contribution is 2.60. The number of hydrogen-bond acceptors (Lipinski definition) is 2. The monoisotopic (exact) mass is 218 g/mol. The van der Waals surface area contributed by atoms with Crippen molar-refractivity contribution in [3.8, 4) is 5.75 Å². The summed E-state index contributed by atoms with van der Waals surface area (Å²) in [6.07, 6.45) is 4.83. The van der Waals surface area contributed by atoms with Crippen LogP contribution in [-0.2, 0) is 11.8 Å². The Kier molecular flexibility index (Phi) is 2.21. The molecule has 1 spiro atoms. The van der Waals surface area contributed by atoms with E-state index in [0.717, 1.165) is 12.2 Å². The minimum Gasteiger partial charge on any atom is -0.497 e. The van der Waals surface area contributed by atoms with Crippen LogP contribution < -0.4 is 4.74 Å². The largest absolute Gasteiger partial charge is 0.497 e. The molecule has 2 nitrogen and oxygen atoms in total. The van der Waals surface area contributed by atoms with E-state index >= 15 is 0 Å². The van der Waals surface area contributed by atoms with E-state index in [2.05, 4.69) is 12.1 Å². The second-order valence-electron chi connectivity index (χ2n) is 5.12. The van der Waals surface area contributed by atoms with Crippen LogP contribution in [0.1, 0.15) is 30.4 Å². The Labute approximate surface area is 96.2 Å². The first-order valence-electron chi connectivity index (χ1n) is 6.08. The van der Waals surface area contributed by atoms with E-state index in [1.165, 1.54) is 30.4 Å². The summed E-state index contributed by atoms with van der Waals surface area (Å²) in [5, 5.41) is 9.34. The normalized spacial score (nSPS) is 31.2. The maximum Gasteiger partial charge on any atom is 0.119 e. The molecule has 2 aliphatic rings. The van der Waals surface area contributed by atoms with Crippen molar-refractivity contribution >= 4 is 0 Å². The van der Waals surface area contributed by atoms with Gasteiger partial charge in [0.25, 0.3) is 0 Å². The molecular weight excluding hydrogens is 200 g/mol. The summed E-state index contributed by atoms with van der Waals surface area (Å²) in [6, 6.07) is 6.43. The van der Waals surface area contributed by atoms with Gasteiger partial charge in [0.1, 0.15) is 5.75 Å². The fourth-order valence-corrected chi connectivity index (χ4v) is 3.35. The quantitative estimate of drug-likeness (QED) is 0.825. The highest BCUT2D eigenvalue weighted by molar-refractivity contribution is 5.46. The lowest BCUT2D eigenvalue weighted by atomic mass is 9.78. The molecule has 0 aliphatic heterocycles. The zero-order valence-corrected chi connectivity index (χ0v) is 9.70. The molecule has 1 aromatic carbocycles. The van der Waals surface area contributed by atoms with Crippen molar-refractivity contribution in [3.63, 3.8) is 0 Å². The molecule has 0 aromatic heterocycles. The van der Waals surface area contributed by atoms with Crippen molar-refractivity contribution in [2.45, 2.75) is 31.1 Å². The molecule has 86 valence electrons. The molecule has 2 atom stereocenters. The molecule has 1 fully saturated rings. The van der Waals surface area contributed by atoms with Crippen LogP contribution in [0.3, 0.4) is 0 Å². The number of aliphatic hydroxyl groups excluding tert-OH is 1. The number of benzene rings is 1. The molecular formula is C14H18O2. The molecule has 0 amide bonds. The van der Waals surface area contributed by atoms with Gasteiger partial charge in [-0.2, -0.15) is 0 Å². The molecule has 2 heteroatoms. The Morgan fingerprint density at radius 3 is 3.06 bits per heavy atom. The summed E-state index contributed by atoms with van der Waals surface area (Å²) < 4.78 is 5.31. The number of aryl methyl sites for hydroxylation is 1. The van der Waals surface area contributed by atoms with E-state index in [9.17, 15) is 5.11 Å². The fraction of sp³-hybridized carbons (Fsp3) is 0.571. The van der Waals surface area contributed by atoms with E-state index in [0.29, 0.717) is 12.5 Å². The topological polar surface area (TPSA) is 29.5 Å². The fourth-order valence-electron chi connectivity index (χ4n) is 3.35. The van der Waals surface area contributed by atoms with Crippen LogP contribution in [0.4, 0.5) is 0 Å². The Morgan fingerprint density at radius 1 is 1.50 bits per heavy atom. The van der Waals surface area contributed by atoms with Gasteiger partial charge >= 0.3 is 0 Å². The summed E-state index contributed by atoms with van der Waals surface area (Å²) in [7, 11) is 1.72. The van der Waals surface area contributed by atoms with Gasteiger partial charge in [-0.15, -0.1) is 0 Å². The summed E-state index contributed by atoms with van der Waals surface area (Å²) in [6.45, 7) is 0.330. The predicted molar refractivity (Wildman–Crippen MR) is 62.8 cm³/mol. The van der Waals surface area contributed by atoms with Gasteiger partial charge in [0.2, 0.25) is 0 Å². The van der Waals surface area contributed by atoms with Crippen molar-refractivity contribution < 1.29 is 9.84 Å². The van der Waals surface area contributed by atoms with Crippen molar-refractivity contribution in [3.05, 3.63) is 29.3 Å². The molecule has 1 saturated carbocycles. The smallest absolute Gasteiger partial charge is 0.119 e. The van der Waals surface area contributed by atoms with Gasteiger partial charge < -0.3 is 9.84 Å². The van der Waals surface area contributed by atoms with E-state index in [1.54, 1.807) is 7.11 Å². The maximum atomic E-state index is 9.34. The van der Waals surface area contributed by atoms with Crippen LogP contribution in [0.25, 0.3) is 0 Å². The van der Waals surface area contributed by atoms with Gasteiger partial charge in [-0.05, 0) is 54.9 Å². The third kappa shape index (κ3) is 1.29. The number of aliphatic hydroxyl groups is 1. The first kappa shape index (κ1) is 10.2. The second kappa shape index (κ2) is 3.49. The highest BCUT2D eigenvalue weighted by atomic mass is 16.5. The molecule has 0 bridgehead atoms. The van der Waals surface area contributed by atoms with Crippen LogP contribution in [-0.4, -0.2) is 18.8 Å². The summed E-state index contributed by atoms with van der Waals surface area (Å²) in [4.78, 5) is 0.